The van der Waals surface area contributed by atoms with Crippen molar-refractivity contribution >= 4 is 17.8 Å². The molecule has 17 heavy (non-hydrogen) atoms. The van der Waals surface area contributed by atoms with Gasteiger partial charge < -0.3 is 0 Å². The van der Waals surface area contributed by atoms with E-state index in [2.05, 4.69) is 30.3 Å². The molecule has 0 spiro atoms. The lowest BCUT2D eigenvalue weighted by Gasteiger charge is -2.18. The summed E-state index contributed by atoms with van der Waals surface area (Å²) < 4.78 is 0. The average molecular weight is 246 g/mol. The number of aliphatic imine (C=N–C) groups is 1. The first-order chi connectivity index (χ1) is 8.25. The SMILES string of the molecule is C[C@@H]1C2=C(CCC=N2)CCc2cc(Cl)ccc21. The van der Waals surface area contributed by atoms with Crippen LogP contribution >= 0.6 is 11.6 Å². The van der Waals surface area contributed by atoms with E-state index in [-0.39, 0.29) is 0 Å². The number of allylic oxidation sites excluding steroid dienone is 2. The van der Waals surface area contributed by atoms with Crippen LogP contribution in [-0.4, -0.2) is 6.21 Å². The summed E-state index contributed by atoms with van der Waals surface area (Å²) in [6, 6.07) is 6.28. The van der Waals surface area contributed by atoms with Crippen LogP contribution in [0, 0.1) is 0 Å². The Labute approximate surface area is 107 Å². The quantitative estimate of drug-likeness (QED) is 0.638. The summed E-state index contributed by atoms with van der Waals surface area (Å²) in [5.41, 5.74) is 5.65. The summed E-state index contributed by atoms with van der Waals surface area (Å²) >= 11 is 6.09. The second kappa shape index (κ2) is 4.30. The summed E-state index contributed by atoms with van der Waals surface area (Å²) in [5.74, 6) is 0.413. The molecule has 1 atom stereocenters. The number of nitrogens with zero attached hydrogens (tertiary/aromatic N) is 1. The zero-order chi connectivity index (χ0) is 11.8. The van der Waals surface area contributed by atoms with Crippen LogP contribution in [0.5, 0.6) is 0 Å². The van der Waals surface area contributed by atoms with Gasteiger partial charge in [0.15, 0.2) is 0 Å². The van der Waals surface area contributed by atoms with E-state index < -0.39 is 0 Å². The smallest absolute Gasteiger partial charge is 0.0464 e. The lowest BCUT2D eigenvalue weighted by molar-refractivity contribution is 0.802. The lowest BCUT2D eigenvalue weighted by Crippen LogP contribution is -2.03. The van der Waals surface area contributed by atoms with Crippen molar-refractivity contribution in [3.8, 4) is 0 Å². The fraction of sp³-hybridized carbons (Fsp3) is 0.400. The van der Waals surface area contributed by atoms with Crippen LogP contribution in [-0.2, 0) is 6.42 Å². The Bertz CT molecular complexity index is 514. The van der Waals surface area contributed by atoms with Gasteiger partial charge in [-0.1, -0.05) is 24.6 Å². The van der Waals surface area contributed by atoms with E-state index in [1.165, 1.54) is 23.2 Å². The molecule has 0 bridgehead atoms. The zero-order valence-electron chi connectivity index (χ0n) is 10.0. The van der Waals surface area contributed by atoms with Gasteiger partial charge in [0.1, 0.15) is 0 Å². The molecule has 0 aromatic heterocycles. The monoisotopic (exact) mass is 245 g/mol. The van der Waals surface area contributed by atoms with Crippen LogP contribution in [0.3, 0.4) is 0 Å². The highest BCUT2D eigenvalue weighted by Crippen LogP contribution is 2.38. The van der Waals surface area contributed by atoms with Gasteiger partial charge in [-0.25, -0.2) is 0 Å². The van der Waals surface area contributed by atoms with Crippen molar-refractivity contribution < 1.29 is 0 Å². The topological polar surface area (TPSA) is 12.4 Å². The summed E-state index contributed by atoms with van der Waals surface area (Å²) in [6.45, 7) is 2.26. The Morgan fingerprint density at radius 1 is 1.24 bits per heavy atom. The van der Waals surface area contributed by atoms with Gasteiger partial charge in [-0.3, -0.25) is 4.99 Å². The maximum absolute atomic E-state index is 6.09. The highest BCUT2D eigenvalue weighted by atomic mass is 35.5. The van der Waals surface area contributed by atoms with Crippen molar-refractivity contribution in [1.29, 1.82) is 0 Å². The van der Waals surface area contributed by atoms with E-state index in [0.717, 1.165) is 24.3 Å². The highest BCUT2D eigenvalue weighted by molar-refractivity contribution is 6.30. The van der Waals surface area contributed by atoms with Gasteiger partial charge in [-0.15, -0.1) is 0 Å². The molecule has 1 aromatic carbocycles. The van der Waals surface area contributed by atoms with E-state index in [4.69, 9.17) is 11.6 Å². The van der Waals surface area contributed by atoms with Crippen LogP contribution < -0.4 is 0 Å². The predicted molar refractivity (Wildman–Crippen MR) is 72.9 cm³/mol. The molecule has 1 aliphatic carbocycles. The second-order valence-corrected chi connectivity index (χ2v) is 5.34. The predicted octanol–water partition coefficient (Wildman–Crippen LogP) is 4.51. The van der Waals surface area contributed by atoms with Gasteiger partial charge in [-0.05, 0) is 54.5 Å². The molecule has 1 nitrogen and oxygen atoms in total. The van der Waals surface area contributed by atoms with E-state index in [1.807, 2.05) is 6.07 Å². The molecule has 3 rings (SSSR count). The Balaban J connectivity index is 2.09. The lowest BCUT2D eigenvalue weighted by atomic mass is 9.92. The maximum Gasteiger partial charge on any atom is 0.0464 e. The average Bonchev–Trinajstić information content (AvgIpc) is 2.48. The Morgan fingerprint density at radius 2 is 2.12 bits per heavy atom. The van der Waals surface area contributed by atoms with E-state index in [9.17, 15) is 0 Å². The molecule has 0 saturated heterocycles. The number of fused-ring (bicyclic) bond motifs is 1. The van der Waals surface area contributed by atoms with Crippen molar-refractivity contribution in [3.63, 3.8) is 0 Å². The molecule has 1 aliphatic heterocycles. The molecule has 0 fully saturated rings. The summed E-state index contributed by atoms with van der Waals surface area (Å²) in [5, 5.41) is 0.847. The molecule has 0 unspecified atom stereocenters. The number of benzene rings is 1. The first-order valence-corrected chi connectivity index (χ1v) is 6.66. The molecule has 1 heterocycles. The molecule has 0 radical (unpaired) electrons. The van der Waals surface area contributed by atoms with Crippen LogP contribution in [0.2, 0.25) is 5.02 Å². The van der Waals surface area contributed by atoms with Crippen LogP contribution in [0.15, 0.2) is 34.5 Å². The third kappa shape index (κ3) is 1.93. The van der Waals surface area contributed by atoms with E-state index in [0.29, 0.717) is 5.92 Å². The maximum atomic E-state index is 6.09. The highest BCUT2D eigenvalue weighted by Gasteiger charge is 2.23. The molecule has 2 heteroatoms. The minimum Gasteiger partial charge on any atom is -0.265 e. The van der Waals surface area contributed by atoms with Gasteiger partial charge in [0.2, 0.25) is 0 Å². The molecule has 2 aliphatic rings. The molecular weight excluding hydrogens is 230 g/mol. The third-order valence-corrected chi connectivity index (χ3v) is 4.08. The van der Waals surface area contributed by atoms with Crippen molar-refractivity contribution in [2.45, 2.75) is 38.5 Å². The van der Waals surface area contributed by atoms with Gasteiger partial charge in [0.25, 0.3) is 0 Å². The van der Waals surface area contributed by atoms with Crippen LogP contribution in [0.25, 0.3) is 0 Å². The first kappa shape index (κ1) is 11.0. The molecule has 0 N–H and O–H groups in total. The second-order valence-electron chi connectivity index (χ2n) is 4.90. The van der Waals surface area contributed by atoms with Crippen molar-refractivity contribution in [2.75, 3.05) is 0 Å². The summed E-state index contributed by atoms with van der Waals surface area (Å²) in [7, 11) is 0. The standard InChI is InChI=1S/C15H16ClN/c1-10-14-7-6-13(16)9-12(14)5-4-11-3-2-8-17-15(10)11/h6-10H,2-5H2,1H3/t10-/m0/s1. The Morgan fingerprint density at radius 3 is 3.00 bits per heavy atom. The Kier molecular flexibility index (Phi) is 2.79. The summed E-state index contributed by atoms with van der Waals surface area (Å²) in [4.78, 5) is 4.64. The van der Waals surface area contributed by atoms with Gasteiger partial charge in [-0.2, -0.15) is 0 Å². The normalized spacial score (nSPS) is 23.1. The largest absolute Gasteiger partial charge is 0.265 e. The number of rotatable bonds is 0. The minimum absolute atomic E-state index is 0.413. The summed E-state index contributed by atoms with van der Waals surface area (Å²) in [6.07, 6.45) is 6.60. The number of halogens is 1. The molecule has 1 aromatic rings. The molecule has 88 valence electrons. The fourth-order valence-electron chi connectivity index (χ4n) is 2.94. The molecule has 0 saturated carbocycles. The van der Waals surface area contributed by atoms with Gasteiger partial charge in [0, 0.05) is 22.9 Å². The van der Waals surface area contributed by atoms with E-state index in [1.54, 1.807) is 5.57 Å². The van der Waals surface area contributed by atoms with Crippen molar-refractivity contribution in [1.82, 2.24) is 0 Å². The zero-order valence-corrected chi connectivity index (χ0v) is 10.8. The molecular formula is C15H16ClN. The van der Waals surface area contributed by atoms with Gasteiger partial charge in [0.05, 0.1) is 0 Å². The number of aryl methyl sites for hydroxylation is 1. The van der Waals surface area contributed by atoms with Crippen molar-refractivity contribution in [2.24, 2.45) is 4.99 Å². The van der Waals surface area contributed by atoms with E-state index >= 15 is 0 Å². The number of hydrogen-bond donors (Lipinski definition) is 0. The fourth-order valence-corrected chi connectivity index (χ4v) is 3.13. The van der Waals surface area contributed by atoms with Crippen LogP contribution in [0.4, 0.5) is 0 Å². The van der Waals surface area contributed by atoms with Crippen molar-refractivity contribution in [3.05, 3.63) is 45.6 Å². The minimum atomic E-state index is 0.413. The first-order valence-electron chi connectivity index (χ1n) is 6.28. The number of hydrogen-bond acceptors (Lipinski definition) is 1. The van der Waals surface area contributed by atoms with Gasteiger partial charge >= 0.3 is 0 Å². The Hall–Kier alpha value is -1.08. The van der Waals surface area contributed by atoms with Crippen LogP contribution in [0.1, 0.15) is 43.2 Å². The third-order valence-electron chi connectivity index (χ3n) is 3.85. The molecule has 0 amide bonds.